The summed E-state index contributed by atoms with van der Waals surface area (Å²) in [6.45, 7) is 1.18. The number of carbonyl (C=O) groups excluding carboxylic acids is 2. The summed E-state index contributed by atoms with van der Waals surface area (Å²) in [5.41, 5.74) is 2.49. The zero-order valence-electron chi connectivity index (χ0n) is 16.6. The second-order valence-corrected chi connectivity index (χ2v) is 8.24. The van der Waals surface area contributed by atoms with Crippen molar-refractivity contribution in [3.05, 3.63) is 84.1 Å². The van der Waals surface area contributed by atoms with Crippen LogP contribution >= 0.6 is 11.8 Å². The van der Waals surface area contributed by atoms with Crippen molar-refractivity contribution in [3.63, 3.8) is 0 Å². The number of anilines is 1. The lowest BCUT2D eigenvalue weighted by Gasteiger charge is -2.27. The average molecular weight is 418 g/mol. The number of nitrogens with one attached hydrogen (secondary N) is 1. The molecule has 2 aromatic carbocycles. The topological polar surface area (TPSA) is 62.3 Å². The molecule has 1 aliphatic heterocycles. The molecule has 1 aromatic heterocycles. The van der Waals surface area contributed by atoms with Gasteiger partial charge in [-0.25, -0.2) is 4.98 Å². The Morgan fingerprint density at radius 1 is 1.03 bits per heavy atom. The Hall–Kier alpha value is -3.12. The van der Waals surface area contributed by atoms with Crippen LogP contribution in [0.1, 0.15) is 35.2 Å². The van der Waals surface area contributed by atoms with Crippen molar-refractivity contribution >= 4 is 29.3 Å². The lowest BCUT2D eigenvalue weighted by molar-refractivity contribution is -0.119. The van der Waals surface area contributed by atoms with Gasteiger partial charge in [-0.15, -0.1) is 0 Å². The van der Waals surface area contributed by atoms with E-state index in [1.807, 2.05) is 71.6 Å². The van der Waals surface area contributed by atoms with Crippen molar-refractivity contribution in [1.29, 1.82) is 0 Å². The fraction of sp³-hybridized carbons (Fsp3) is 0.208. The number of nitrogens with zero attached hydrogens (tertiary/aromatic N) is 2. The third-order valence-corrected chi connectivity index (χ3v) is 5.93. The Morgan fingerprint density at radius 2 is 1.90 bits per heavy atom. The largest absolute Gasteiger partial charge is 0.348 e. The Bertz CT molecular complexity index is 1020. The quantitative estimate of drug-likeness (QED) is 0.633. The van der Waals surface area contributed by atoms with Gasteiger partial charge in [-0.3, -0.25) is 9.59 Å². The second-order valence-electron chi connectivity index (χ2n) is 7.15. The summed E-state index contributed by atoms with van der Waals surface area (Å²) in [4.78, 5) is 31.9. The van der Waals surface area contributed by atoms with Crippen molar-refractivity contribution in [2.45, 2.75) is 35.7 Å². The van der Waals surface area contributed by atoms with Gasteiger partial charge in [0, 0.05) is 41.9 Å². The molecule has 0 bridgehead atoms. The minimum absolute atomic E-state index is 0.121. The van der Waals surface area contributed by atoms with Crippen LogP contribution in [0.2, 0.25) is 0 Å². The SMILES string of the molecule is O=C(NCc1cccc(N2CCCCC2=O)c1)c1ccc(Sc2ccccn2)cc1. The Kier molecular flexibility index (Phi) is 6.44. The molecule has 3 aromatic rings. The second kappa shape index (κ2) is 9.59. The molecular formula is C24H23N3O2S. The van der Waals surface area contributed by atoms with E-state index in [9.17, 15) is 9.59 Å². The van der Waals surface area contributed by atoms with Gasteiger partial charge in [-0.05, 0) is 66.9 Å². The molecule has 5 nitrogen and oxygen atoms in total. The summed E-state index contributed by atoms with van der Waals surface area (Å²) < 4.78 is 0. The van der Waals surface area contributed by atoms with E-state index in [2.05, 4.69) is 10.3 Å². The molecule has 30 heavy (non-hydrogen) atoms. The van der Waals surface area contributed by atoms with E-state index in [0.29, 0.717) is 18.5 Å². The highest BCUT2D eigenvalue weighted by Crippen LogP contribution is 2.26. The molecule has 0 spiro atoms. The normalized spacial score (nSPS) is 13.9. The number of hydrogen-bond acceptors (Lipinski definition) is 4. The van der Waals surface area contributed by atoms with Crippen molar-refractivity contribution in [1.82, 2.24) is 10.3 Å². The van der Waals surface area contributed by atoms with Crippen LogP contribution in [-0.2, 0) is 11.3 Å². The van der Waals surface area contributed by atoms with Crippen LogP contribution in [0.25, 0.3) is 0 Å². The Morgan fingerprint density at radius 3 is 2.67 bits per heavy atom. The standard InChI is InChI=1S/C24H23N3O2S/c28-23-9-2-4-15-27(23)20-7-5-6-18(16-20)17-26-24(29)19-10-12-21(13-11-19)30-22-8-1-3-14-25-22/h1,3,5-8,10-14,16H,2,4,9,15,17H2,(H,26,29). The number of benzene rings is 2. The van der Waals surface area contributed by atoms with Gasteiger partial charge in [0.05, 0.1) is 0 Å². The van der Waals surface area contributed by atoms with Gasteiger partial charge in [0.2, 0.25) is 5.91 Å². The van der Waals surface area contributed by atoms with Crippen LogP contribution in [0.5, 0.6) is 0 Å². The van der Waals surface area contributed by atoms with Gasteiger partial charge < -0.3 is 10.2 Å². The van der Waals surface area contributed by atoms with Crippen LogP contribution in [0.4, 0.5) is 5.69 Å². The molecule has 1 saturated heterocycles. The average Bonchev–Trinajstić information content (AvgIpc) is 2.79. The number of rotatable bonds is 6. The third kappa shape index (κ3) is 5.07. The summed E-state index contributed by atoms with van der Waals surface area (Å²) in [5.74, 6) is 0.0509. The first-order valence-electron chi connectivity index (χ1n) is 10.1. The number of amides is 2. The smallest absolute Gasteiger partial charge is 0.251 e. The van der Waals surface area contributed by atoms with E-state index in [4.69, 9.17) is 0 Å². The van der Waals surface area contributed by atoms with Crippen molar-refractivity contribution in [2.75, 3.05) is 11.4 Å². The maximum Gasteiger partial charge on any atom is 0.251 e. The zero-order chi connectivity index (χ0) is 20.8. The molecule has 0 unspecified atom stereocenters. The molecule has 4 rings (SSSR count). The van der Waals surface area contributed by atoms with Gasteiger partial charge in [0.1, 0.15) is 5.03 Å². The molecular weight excluding hydrogens is 394 g/mol. The molecule has 0 aliphatic carbocycles. The molecule has 2 heterocycles. The third-order valence-electron chi connectivity index (χ3n) is 4.98. The molecule has 1 N–H and O–H groups in total. The lowest BCUT2D eigenvalue weighted by atomic mass is 10.1. The fourth-order valence-electron chi connectivity index (χ4n) is 3.40. The molecule has 0 radical (unpaired) electrons. The Labute approximate surface area is 180 Å². The van der Waals surface area contributed by atoms with E-state index >= 15 is 0 Å². The molecule has 0 saturated carbocycles. The summed E-state index contributed by atoms with van der Waals surface area (Å²) in [6, 6.07) is 21.1. The van der Waals surface area contributed by atoms with E-state index in [1.165, 1.54) is 0 Å². The van der Waals surface area contributed by atoms with Crippen molar-refractivity contribution in [3.8, 4) is 0 Å². The molecule has 152 valence electrons. The number of piperidine rings is 1. The first kappa shape index (κ1) is 20.2. The summed E-state index contributed by atoms with van der Waals surface area (Å²) in [7, 11) is 0. The van der Waals surface area contributed by atoms with E-state index in [-0.39, 0.29) is 11.8 Å². The van der Waals surface area contributed by atoms with Crippen LogP contribution in [-0.4, -0.2) is 23.3 Å². The summed E-state index contributed by atoms with van der Waals surface area (Å²) in [6.07, 6.45) is 4.36. The maximum absolute atomic E-state index is 12.5. The Balaban J connectivity index is 1.35. The fourth-order valence-corrected chi connectivity index (χ4v) is 4.17. The minimum atomic E-state index is -0.121. The number of carbonyl (C=O) groups is 2. The predicted molar refractivity (Wildman–Crippen MR) is 119 cm³/mol. The van der Waals surface area contributed by atoms with Crippen LogP contribution in [0.15, 0.2) is 82.8 Å². The highest BCUT2D eigenvalue weighted by molar-refractivity contribution is 7.99. The number of pyridine rings is 1. The van der Waals surface area contributed by atoms with Crippen molar-refractivity contribution < 1.29 is 9.59 Å². The first-order valence-corrected chi connectivity index (χ1v) is 10.9. The first-order chi connectivity index (χ1) is 14.7. The van der Waals surface area contributed by atoms with Crippen LogP contribution < -0.4 is 10.2 Å². The monoisotopic (exact) mass is 417 g/mol. The molecule has 6 heteroatoms. The maximum atomic E-state index is 12.5. The van der Waals surface area contributed by atoms with Crippen LogP contribution in [0.3, 0.4) is 0 Å². The summed E-state index contributed by atoms with van der Waals surface area (Å²) in [5, 5.41) is 3.88. The van der Waals surface area contributed by atoms with E-state index < -0.39 is 0 Å². The van der Waals surface area contributed by atoms with Crippen molar-refractivity contribution in [2.24, 2.45) is 0 Å². The minimum Gasteiger partial charge on any atom is -0.348 e. The highest BCUT2D eigenvalue weighted by atomic mass is 32.2. The molecule has 0 atom stereocenters. The van der Waals surface area contributed by atoms with Gasteiger partial charge in [0.15, 0.2) is 0 Å². The zero-order valence-corrected chi connectivity index (χ0v) is 17.4. The van der Waals surface area contributed by atoms with E-state index in [0.717, 1.165) is 40.6 Å². The number of hydrogen-bond donors (Lipinski definition) is 1. The predicted octanol–water partition coefficient (Wildman–Crippen LogP) is 4.68. The summed E-state index contributed by atoms with van der Waals surface area (Å²) >= 11 is 1.56. The van der Waals surface area contributed by atoms with Gasteiger partial charge in [0.25, 0.3) is 5.91 Å². The molecule has 1 aliphatic rings. The lowest BCUT2D eigenvalue weighted by Crippen LogP contribution is -2.35. The van der Waals surface area contributed by atoms with Crippen LogP contribution in [0, 0.1) is 0 Å². The van der Waals surface area contributed by atoms with Gasteiger partial charge in [-0.1, -0.05) is 30.0 Å². The van der Waals surface area contributed by atoms with Gasteiger partial charge in [-0.2, -0.15) is 0 Å². The van der Waals surface area contributed by atoms with Gasteiger partial charge >= 0.3 is 0 Å². The molecule has 2 amide bonds. The highest BCUT2D eigenvalue weighted by Gasteiger charge is 2.19. The molecule has 1 fully saturated rings. The number of aromatic nitrogens is 1. The van der Waals surface area contributed by atoms with E-state index in [1.54, 1.807) is 18.0 Å².